The second-order valence-corrected chi connectivity index (χ2v) is 5.64. The normalized spacial score (nSPS) is 23.7. The number of aryl methyl sites for hydroxylation is 1. The Bertz CT molecular complexity index is 436. The van der Waals surface area contributed by atoms with Crippen molar-refractivity contribution in [3.05, 3.63) is 35.1 Å². The Morgan fingerprint density at radius 3 is 2.56 bits per heavy atom. The van der Waals surface area contributed by atoms with Crippen LogP contribution < -0.4 is 5.32 Å². The van der Waals surface area contributed by atoms with Gasteiger partial charge in [-0.15, -0.1) is 0 Å². The highest BCUT2D eigenvalue weighted by atomic mass is 19.1. The molecule has 1 N–H and O–H groups in total. The summed E-state index contributed by atoms with van der Waals surface area (Å²) in [6.45, 7) is 5.61. The van der Waals surface area contributed by atoms with Crippen molar-refractivity contribution >= 4 is 0 Å². The van der Waals surface area contributed by atoms with Crippen molar-refractivity contribution < 1.29 is 9.13 Å². The number of hydrogen-bond acceptors (Lipinski definition) is 2. The Morgan fingerprint density at radius 1 is 1.28 bits per heavy atom. The van der Waals surface area contributed by atoms with E-state index in [2.05, 4.69) is 5.32 Å². The molecular weight excluding hydrogens is 229 g/mol. The van der Waals surface area contributed by atoms with E-state index < -0.39 is 0 Å². The number of halogens is 1. The summed E-state index contributed by atoms with van der Waals surface area (Å²) in [6, 6.07) is 5.57. The Hall–Kier alpha value is -0.930. The van der Waals surface area contributed by atoms with Crippen molar-refractivity contribution in [3.8, 4) is 0 Å². The van der Waals surface area contributed by atoms with Gasteiger partial charge in [-0.2, -0.15) is 0 Å². The molecule has 0 saturated carbocycles. The van der Waals surface area contributed by atoms with Crippen LogP contribution in [0.2, 0.25) is 0 Å². The van der Waals surface area contributed by atoms with Gasteiger partial charge < -0.3 is 10.1 Å². The first kappa shape index (κ1) is 12.1. The molecule has 1 aromatic carbocycles. The summed E-state index contributed by atoms with van der Waals surface area (Å²) in [6.07, 6.45) is 2.39. The van der Waals surface area contributed by atoms with Crippen molar-refractivity contribution in [1.82, 2.24) is 5.32 Å². The van der Waals surface area contributed by atoms with Crippen LogP contribution in [0.15, 0.2) is 18.2 Å². The first-order valence-corrected chi connectivity index (χ1v) is 6.77. The minimum Gasteiger partial charge on any atom is -0.379 e. The molecule has 18 heavy (non-hydrogen) atoms. The Kier molecular flexibility index (Phi) is 3.12. The number of benzene rings is 1. The van der Waals surface area contributed by atoms with Crippen LogP contribution in [0.25, 0.3) is 0 Å². The molecule has 2 fully saturated rings. The lowest BCUT2D eigenvalue weighted by atomic mass is 9.65. The molecule has 98 valence electrons. The fraction of sp³-hybridized carbons (Fsp3) is 0.600. The van der Waals surface area contributed by atoms with E-state index in [1.165, 1.54) is 18.4 Å². The van der Waals surface area contributed by atoms with Crippen LogP contribution in [-0.4, -0.2) is 26.3 Å². The van der Waals surface area contributed by atoms with Crippen LogP contribution in [0, 0.1) is 18.7 Å². The van der Waals surface area contributed by atoms with E-state index in [1.54, 1.807) is 6.07 Å². The first-order chi connectivity index (χ1) is 8.72. The maximum atomic E-state index is 13.4. The van der Waals surface area contributed by atoms with Crippen molar-refractivity contribution in [2.24, 2.45) is 5.92 Å². The molecule has 0 atom stereocenters. The second kappa shape index (κ2) is 4.63. The zero-order valence-electron chi connectivity index (χ0n) is 10.8. The second-order valence-electron chi connectivity index (χ2n) is 5.64. The highest BCUT2D eigenvalue weighted by Crippen LogP contribution is 2.43. The van der Waals surface area contributed by atoms with E-state index in [0.717, 1.165) is 31.9 Å². The van der Waals surface area contributed by atoms with Gasteiger partial charge in [0, 0.05) is 5.41 Å². The molecule has 0 amide bonds. The van der Waals surface area contributed by atoms with Gasteiger partial charge in [0.2, 0.25) is 0 Å². The van der Waals surface area contributed by atoms with Crippen molar-refractivity contribution in [2.45, 2.75) is 25.2 Å². The number of ether oxygens (including phenoxy) is 1. The summed E-state index contributed by atoms with van der Waals surface area (Å²) in [5, 5.41) is 3.41. The predicted molar refractivity (Wildman–Crippen MR) is 69.2 cm³/mol. The summed E-state index contributed by atoms with van der Waals surface area (Å²) in [5.74, 6) is 0.553. The van der Waals surface area contributed by atoms with E-state index >= 15 is 0 Å². The highest BCUT2D eigenvalue weighted by molar-refractivity contribution is 5.33. The molecule has 2 nitrogen and oxygen atoms in total. The Labute approximate surface area is 108 Å². The molecule has 2 heterocycles. The number of nitrogens with one attached hydrogen (secondary N) is 1. The predicted octanol–water partition coefficient (Wildman–Crippen LogP) is 2.40. The summed E-state index contributed by atoms with van der Waals surface area (Å²) >= 11 is 0. The van der Waals surface area contributed by atoms with Crippen LogP contribution in [0.1, 0.15) is 24.0 Å². The van der Waals surface area contributed by atoms with Crippen LogP contribution >= 0.6 is 0 Å². The molecule has 3 rings (SSSR count). The first-order valence-electron chi connectivity index (χ1n) is 6.77. The van der Waals surface area contributed by atoms with E-state index in [9.17, 15) is 4.39 Å². The molecule has 0 unspecified atom stereocenters. The zero-order chi connectivity index (χ0) is 12.6. The molecule has 2 saturated heterocycles. The van der Waals surface area contributed by atoms with Gasteiger partial charge in [-0.1, -0.05) is 12.1 Å². The summed E-state index contributed by atoms with van der Waals surface area (Å²) < 4.78 is 18.9. The summed E-state index contributed by atoms with van der Waals surface area (Å²) in [7, 11) is 0. The maximum Gasteiger partial charge on any atom is 0.126 e. The lowest BCUT2D eigenvalue weighted by Gasteiger charge is -2.49. The molecule has 0 bridgehead atoms. The standard InChI is InChI=1S/C15H20FNO/c1-11-8-13(2-3-14(11)16)15(9-18-10-15)12-4-6-17-7-5-12/h2-3,8,12,17H,4-7,9-10H2,1H3. The van der Waals surface area contributed by atoms with E-state index in [-0.39, 0.29) is 11.2 Å². The third kappa shape index (κ3) is 1.86. The lowest BCUT2D eigenvalue weighted by molar-refractivity contribution is -0.0964. The zero-order valence-corrected chi connectivity index (χ0v) is 10.8. The van der Waals surface area contributed by atoms with Crippen LogP contribution in [0.4, 0.5) is 4.39 Å². The van der Waals surface area contributed by atoms with Gasteiger partial charge in [-0.25, -0.2) is 4.39 Å². The molecule has 2 aliphatic heterocycles. The third-order valence-electron chi connectivity index (χ3n) is 4.57. The van der Waals surface area contributed by atoms with Crippen molar-refractivity contribution in [1.29, 1.82) is 0 Å². The van der Waals surface area contributed by atoms with Gasteiger partial charge in [0.05, 0.1) is 13.2 Å². The molecule has 0 aromatic heterocycles. The summed E-state index contributed by atoms with van der Waals surface area (Å²) in [4.78, 5) is 0. The average Bonchev–Trinajstić information content (AvgIpc) is 2.34. The molecule has 0 spiro atoms. The van der Waals surface area contributed by atoms with Gasteiger partial charge >= 0.3 is 0 Å². The lowest BCUT2D eigenvalue weighted by Crippen LogP contribution is -2.54. The highest BCUT2D eigenvalue weighted by Gasteiger charge is 2.47. The van der Waals surface area contributed by atoms with E-state index in [1.807, 2.05) is 19.1 Å². The van der Waals surface area contributed by atoms with Crippen molar-refractivity contribution in [3.63, 3.8) is 0 Å². The SMILES string of the molecule is Cc1cc(C2(C3CCNCC3)COC2)ccc1F. The smallest absolute Gasteiger partial charge is 0.126 e. The quantitative estimate of drug-likeness (QED) is 0.869. The molecule has 3 heteroatoms. The van der Waals surface area contributed by atoms with E-state index in [0.29, 0.717) is 5.92 Å². The van der Waals surface area contributed by atoms with Gasteiger partial charge in [-0.3, -0.25) is 0 Å². The molecular formula is C15H20FNO. The van der Waals surface area contributed by atoms with Crippen LogP contribution in [0.5, 0.6) is 0 Å². The van der Waals surface area contributed by atoms with Crippen molar-refractivity contribution in [2.75, 3.05) is 26.3 Å². The van der Waals surface area contributed by atoms with Gasteiger partial charge in [0.25, 0.3) is 0 Å². The minimum absolute atomic E-state index is 0.112. The topological polar surface area (TPSA) is 21.3 Å². The molecule has 0 aliphatic carbocycles. The van der Waals surface area contributed by atoms with E-state index in [4.69, 9.17) is 4.74 Å². The number of hydrogen-bond donors (Lipinski definition) is 1. The Morgan fingerprint density at radius 2 is 2.00 bits per heavy atom. The molecule has 2 aliphatic rings. The molecule has 0 radical (unpaired) electrons. The number of rotatable bonds is 2. The van der Waals surface area contributed by atoms with Gasteiger partial charge in [0.15, 0.2) is 0 Å². The fourth-order valence-corrected chi connectivity index (χ4v) is 3.29. The summed E-state index contributed by atoms with van der Waals surface area (Å²) in [5.41, 5.74) is 2.15. The monoisotopic (exact) mass is 249 g/mol. The largest absolute Gasteiger partial charge is 0.379 e. The Balaban J connectivity index is 1.92. The number of piperidine rings is 1. The average molecular weight is 249 g/mol. The van der Waals surface area contributed by atoms with Gasteiger partial charge in [-0.05, 0) is 56.0 Å². The maximum absolute atomic E-state index is 13.4. The minimum atomic E-state index is -0.112. The van der Waals surface area contributed by atoms with Gasteiger partial charge in [0.1, 0.15) is 5.82 Å². The third-order valence-corrected chi connectivity index (χ3v) is 4.57. The fourth-order valence-electron chi connectivity index (χ4n) is 3.29. The van der Waals surface area contributed by atoms with Crippen LogP contribution in [-0.2, 0) is 10.2 Å². The van der Waals surface area contributed by atoms with Crippen LogP contribution in [0.3, 0.4) is 0 Å². The molecule has 1 aromatic rings.